The van der Waals surface area contributed by atoms with Gasteiger partial charge in [-0.1, -0.05) is 17.7 Å². The van der Waals surface area contributed by atoms with E-state index in [0.717, 1.165) is 29.6 Å². The van der Waals surface area contributed by atoms with Crippen molar-refractivity contribution in [2.45, 2.75) is 13.8 Å². The third-order valence-corrected chi connectivity index (χ3v) is 4.26. The highest BCUT2D eigenvalue weighted by atomic mass is 35.5. The summed E-state index contributed by atoms with van der Waals surface area (Å²) in [7, 11) is 0. The fourth-order valence-electron chi connectivity index (χ4n) is 2.78. The molecule has 0 N–H and O–H groups in total. The number of benzene rings is 1. The smallest absolute Gasteiger partial charge is 0.289 e. The van der Waals surface area contributed by atoms with Crippen LogP contribution < -0.4 is 4.90 Å². The minimum atomic E-state index is -0.0319. The van der Waals surface area contributed by atoms with Crippen molar-refractivity contribution < 1.29 is 9.21 Å². The molecule has 116 valence electrons. The number of piperazine rings is 1. The summed E-state index contributed by atoms with van der Waals surface area (Å²) in [6, 6.07) is 9.48. The van der Waals surface area contributed by atoms with E-state index in [1.54, 1.807) is 6.07 Å². The summed E-state index contributed by atoms with van der Waals surface area (Å²) < 4.78 is 5.42. The zero-order valence-electron chi connectivity index (χ0n) is 12.8. The molecule has 2 heterocycles. The molecule has 1 aromatic carbocycles. The van der Waals surface area contributed by atoms with Crippen LogP contribution in [-0.4, -0.2) is 37.0 Å². The summed E-state index contributed by atoms with van der Waals surface area (Å²) in [6.45, 7) is 6.89. The van der Waals surface area contributed by atoms with Gasteiger partial charge in [-0.15, -0.1) is 0 Å². The van der Waals surface area contributed by atoms with Crippen LogP contribution in [0.15, 0.2) is 34.7 Å². The van der Waals surface area contributed by atoms with Crippen molar-refractivity contribution in [3.05, 3.63) is 52.4 Å². The molecule has 2 aromatic rings. The first kappa shape index (κ1) is 15.0. The van der Waals surface area contributed by atoms with Gasteiger partial charge in [0.2, 0.25) is 0 Å². The average molecular weight is 319 g/mol. The van der Waals surface area contributed by atoms with E-state index in [9.17, 15) is 4.79 Å². The molecule has 1 aliphatic heterocycles. The van der Waals surface area contributed by atoms with Gasteiger partial charge in [0.25, 0.3) is 5.91 Å². The van der Waals surface area contributed by atoms with Crippen molar-refractivity contribution in [1.82, 2.24) is 4.90 Å². The van der Waals surface area contributed by atoms with Gasteiger partial charge in [0, 0.05) is 36.9 Å². The zero-order valence-corrected chi connectivity index (χ0v) is 13.6. The highest BCUT2D eigenvalue weighted by Crippen LogP contribution is 2.25. The Bertz CT molecular complexity index is 688. The van der Waals surface area contributed by atoms with Crippen LogP contribution in [0.5, 0.6) is 0 Å². The number of carbonyl (C=O) groups is 1. The number of carbonyl (C=O) groups excluding carboxylic acids is 1. The number of furan rings is 1. The van der Waals surface area contributed by atoms with Crippen LogP contribution in [0.3, 0.4) is 0 Å². The number of hydrogen-bond donors (Lipinski definition) is 0. The average Bonchev–Trinajstić information content (AvgIpc) is 2.96. The summed E-state index contributed by atoms with van der Waals surface area (Å²) in [5.41, 5.74) is 2.35. The largest absolute Gasteiger partial charge is 0.456 e. The Morgan fingerprint density at radius 1 is 1.09 bits per heavy atom. The van der Waals surface area contributed by atoms with Gasteiger partial charge in [-0.05, 0) is 43.7 Å². The Morgan fingerprint density at radius 3 is 2.45 bits per heavy atom. The predicted octanol–water partition coefficient (Wildman–Crippen LogP) is 3.51. The van der Waals surface area contributed by atoms with Crippen molar-refractivity contribution in [2.75, 3.05) is 31.1 Å². The maximum atomic E-state index is 12.4. The molecule has 22 heavy (non-hydrogen) atoms. The van der Waals surface area contributed by atoms with E-state index < -0.39 is 0 Å². The molecule has 0 atom stereocenters. The van der Waals surface area contributed by atoms with Crippen LogP contribution in [0, 0.1) is 13.8 Å². The lowest BCUT2D eigenvalue weighted by Gasteiger charge is -2.36. The van der Waals surface area contributed by atoms with E-state index in [4.69, 9.17) is 16.0 Å². The van der Waals surface area contributed by atoms with Crippen LogP contribution in [0.2, 0.25) is 5.02 Å². The van der Waals surface area contributed by atoms with Crippen molar-refractivity contribution in [3.8, 4) is 0 Å². The summed E-state index contributed by atoms with van der Waals surface area (Å²) in [4.78, 5) is 16.5. The zero-order chi connectivity index (χ0) is 15.7. The number of nitrogens with zero attached hydrogens (tertiary/aromatic N) is 2. The Morgan fingerprint density at radius 2 is 1.82 bits per heavy atom. The lowest BCUT2D eigenvalue weighted by Crippen LogP contribution is -2.48. The molecule has 1 aliphatic rings. The fraction of sp³-hybridized carbons (Fsp3) is 0.353. The van der Waals surface area contributed by atoms with Gasteiger partial charge in [0.1, 0.15) is 5.76 Å². The number of aryl methyl sites for hydroxylation is 2. The monoisotopic (exact) mass is 318 g/mol. The van der Waals surface area contributed by atoms with Crippen molar-refractivity contribution >= 4 is 23.2 Å². The van der Waals surface area contributed by atoms with Gasteiger partial charge in [-0.2, -0.15) is 0 Å². The summed E-state index contributed by atoms with van der Waals surface area (Å²) in [6.07, 6.45) is 0. The normalized spacial score (nSPS) is 15.2. The van der Waals surface area contributed by atoms with Crippen LogP contribution in [0.25, 0.3) is 0 Å². The Balaban J connectivity index is 1.67. The molecule has 0 aliphatic carbocycles. The van der Waals surface area contributed by atoms with Gasteiger partial charge in [0.05, 0.1) is 0 Å². The minimum Gasteiger partial charge on any atom is -0.456 e. The Hall–Kier alpha value is -1.94. The molecule has 1 amide bonds. The molecule has 3 rings (SSSR count). The van der Waals surface area contributed by atoms with Crippen LogP contribution in [0.4, 0.5) is 5.69 Å². The molecule has 0 bridgehead atoms. The molecular weight excluding hydrogens is 300 g/mol. The summed E-state index contributed by atoms with van der Waals surface area (Å²) >= 11 is 6.09. The van der Waals surface area contributed by atoms with Gasteiger partial charge >= 0.3 is 0 Å². The first-order valence-electron chi connectivity index (χ1n) is 7.41. The molecule has 0 spiro atoms. The van der Waals surface area contributed by atoms with Gasteiger partial charge in [-0.25, -0.2) is 0 Å². The first-order chi connectivity index (χ1) is 10.5. The lowest BCUT2D eigenvalue weighted by molar-refractivity contribution is 0.0713. The highest BCUT2D eigenvalue weighted by molar-refractivity contribution is 6.30. The molecule has 0 radical (unpaired) electrons. The minimum absolute atomic E-state index is 0.0319. The third kappa shape index (κ3) is 2.97. The molecule has 5 heteroatoms. The van der Waals surface area contributed by atoms with E-state index in [1.807, 2.05) is 36.1 Å². The highest BCUT2D eigenvalue weighted by Gasteiger charge is 2.24. The molecule has 1 fully saturated rings. The Labute approximate surface area is 135 Å². The summed E-state index contributed by atoms with van der Waals surface area (Å²) in [5, 5.41) is 0.741. The second-order valence-corrected chi connectivity index (χ2v) is 6.06. The van der Waals surface area contributed by atoms with E-state index in [-0.39, 0.29) is 5.91 Å². The summed E-state index contributed by atoms with van der Waals surface area (Å²) in [5.74, 6) is 1.15. The van der Waals surface area contributed by atoms with Gasteiger partial charge < -0.3 is 14.2 Å². The second kappa shape index (κ2) is 6.05. The van der Waals surface area contributed by atoms with E-state index in [2.05, 4.69) is 11.8 Å². The van der Waals surface area contributed by atoms with Gasteiger partial charge in [-0.3, -0.25) is 4.79 Å². The maximum Gasteiger partial charge on any atom is 0.289 e. The van der Waals surface area contributed by atoms with Crippen LogP contribution in [-0.2, 0) is 0 Å². The first-order valence-corrected chi connectivity index (χ1v) is 7.79. The molecule has 4 nitrogen and oxygen atoms in total. The topological polar surface area (TPSA) is 36.7 Å². The number of amides is 1. The molecule has 1 aromatic heterocycles. The molecule has 0 saturated carbocycles. The predicted molar refractivity (Wildman–Crippen MR) is 87.8 cm³/mol. The second-order valence-electron chi connectivity index (χ2n) is 5.62. The van der Waals surface area contributed by atoms with Gasteiger partial charge in [0.15, 0.2) is 5.76 Å². The number of halogens is 1. The quantitative estimate of drug-likeness (QED) is 0.850. The van der Waals surface area contributed by atoms with E-state index >= 15 is 0 Å². The molecule has 1 saturated heterocycles. The number of anilines is 1. The maximum absolute atomic E-state index is 12.4. The third-order valence-electron chi connectivity index (χ3n) is 4.03. The standard InChI is InChI=1S/C17H19ClN2O2/c1-12-3-5-14(18)11-15(12)19-7-9-20(10-8-19)17(21)16-6-4-13(2)22-16/h3-6,11H,7-10H2,1-2H3. The lowest BCUT2D eigenvalue weighted by atomic mass is 10.1. The molecule has 0 unspecified atom stereocenters. The fourth-order valence-corrected chi connectivity index (χ4v) is 2.95. The number of rotatable bonds is 2. The van der Waals surface area contributed by atoms with Crippen molar-refractivity contribution in [1.29, 1.82) is 0 Å². The van der Waals surface area contributed by atoms with E-state index in [0.29, 0.717) is 18.8 Å². The number of hydrogen-bond acceptors (Lipinski definition) is 3. The van der Waals surface area contributed by atoms with Crippen LogP contribution in [0.1, 0.15) is 21.9 Å². The van der Waals surface area contributed by atoms with E-state index in [1.165, 1.54) is 5.56 Å². The van der Waals surface area contributed by atoms with Crippen molar-refractivity contribution in [2.24, 2.45) is 0 Å². The van der Waals surface area contributed by atoms with Crippen LogP contribution >= 0.6 is 11.6 Å². The Kier molecular flexibility index (Phi) is 4.12. The molecular formula is C17H19ClN2O2. The van der Waals surface area contributed by atoms with Crippen molar-refractivity contribution in [3.63, 3.8) is 0 Å². The SMILES string of the molecule is Cc1ccc(C(=O)N2CCN(c3cc(Cl)ccc3C)CC2)o1.